The van der Waals surface area contributed by atoms with Crippen molar-refractivity contribution in [1.29, 1.82) is 5.41 Å². The van der Waals surface area contributed by atoms with Crippen LogP contribution < -0.4 is 5.73 Å². The van der Waals surface area contributed by atoms with Crippen LogP contribution >= 0.6 is 0 Å². The van der Waals surface area contributed by atoms with Gasteiger partial charge in [0.15, 0.2) is 0 Å². The van der Waals surface area contributed by atoms with Crippen LogP contribution in [0.15, 0.2) is 36.1 Å². The van der Waals surface area contributed by atoms with Crippen LogP contribution in [-0.4, -0.2) is 6.21 Å². The van der Waals surface area contributed by atoms with Gasteiger partial charge in [-0.3, -0.25) is 0 Å². The topological polar surface area (TPSA) is 49.9 Å². The second kappa shape index (κ2) is 5.47. The molecule has 0 aliphatic heterocycles. The van der Waals surface area contributed by atoms with Crippen molar-refractivity contribution in [1.82, 2.24) is 0 Å². The second-order valence-electron chi connectivity index (χ2n) is 2.16. The molecule has 2 nitrogen and oxygen atoms in total. The van der Waals surface area contributed by atoms with Crippen molar-refractivity contribution < 1.29 is 0 Å². The highest BCUT2D eigenvalue weighted by Gasteiger charge is 1.87. The van der Waals surface area contributed by atoms with Gasteiger partial charge in [-0.1, -0.05) is 25.2 Å². The summed E-state index contributed by atoms with van der Waals surface area (Å²) in [5, 5.41) is 6.99. The summed E-state index contributed by atoms with van der Waals surface area (Å²) in [4.78, 5) is 0. The first kappa shape index (κ1) is 9.69. The Morgan fingerprint density at radius 2 is 2.27 bits per heavy atom. The summed E-state index contributed by atoms with van der Waals surface area (Å²) in [5.74, 6) is 0. The van der Waals surface area contributed by atoms with E-state index in [1.807, 2.05) is 13.0 Å². The number of hydrogen-bond donors (Lipinski definition) is 2. The number of nitrogens with two attached hydrogens (primary N) is 1. The Bertz CT molecular complexity index is 200. The molecular weight excluding hydrogens is 136 g/mol. The third kappa shape index (κ3) is 4.14. The Balaban J connectivity index is 4.34. The largest absolute Gasteiger partial charge is 0.405 e. The lowest BCUT2D eigenvalue weighted by molar-refractivity contribution is 1.16. The molecule has 0 unspecified atom stereocenters. The summed E-state index contributed by atoms with van der Waals surface area (Å²) in [7, 11) is 0. The van der Waals surface area contributed by atoms with Crippen LogP contribution in [0.2, 0.25) is 0 Å². The van der Waals surface area contributed by atoms with Gasteiger partial charge in [0.05, 0.1) is 0 Å². The highest BCUT2D eigenvalue weighted by atomic mass is 14.5. The standard InChI is InChI=1S/C9H14N2/c1-3-8(2)6-9(7-11)4-5-10/h4-7,11H,2-3,10H2,1H3/b5-4-,9-6+,11-7?. The van der Waals surface area contributed by atoms with Gasteiger partial charge in [0.1, 0.15) is 0 Å². The van der Waals surface area contributed by atoms with E-state index >= 15 is 0 Å². The van der Waals surface area contributed by atoms with Gasteiger partial charge in [-0.05, 0) is 24.3 Å². The number of hydrogen-bond acceptors (Lipinski definition) is 2. The first-order valence-electron chi connectivity index (χ1n) is 3.52. The number of nitrogens with one attached hydrogen (secondary N) is 1. The summed E-state index contributed by atoms with van der Waals surface area (Å²) in [6.45, 7) is 5.81. The summed E-state index contributed by atoms with van der Waals surface area (Å²) < 4.78 is 0. The Morgan fingerprint density at radius 1 is 1.64 bits per heavy atom. The predicted molar refractivity (Wildman–Crippen MR) is 49.6 cm³/mol. The molecule has 0 aliphatic carbocycles. The molecule has 0 aromatic rings. The van der Waals surface area contributed by atoms with Crippen LogP contribution in [0.5, 0.6) is 0 Å². The van der Waals surface area contributed by atoms with E-state index in [1.54, 1.807) is 6.08 Å². The molecule has 0 aliphatic rings. The SMILES string of the molecule is C=C(/C=C(C=N)\C=C/N)CC. The Hall–Kier alpha value is -1.31. The Kier molecular flexibility index (Phi) is 4.82. The quantitative estimate of drug-likeness (QED) is 0.467. The lowest BCUT2D eigenvalue weighted by Crippen LogP contribution is -1.84. The molecule has 0 atom stereocenters. The molecule has 0 heterocycles. The van der Waals surface area contributed by atoms with Crippen molar-refractivity contribution in [2.75, 3.05) is 0 Å². The van der Waals surface area contributed by atoms with Crippen LogP contribution in [0.25, 0.3) is 0 Å². The zero-order chi connectivity index (χ0) is 8.69. The van der Waals surface area contributed by atoms with Crippen LogP contribution in [0.4, 0.5) is 0 Å². The maximum absolute atomic E-state index is 6.99. The van der Waals surface area contributed by atoms with Gasteiger partial charge in [-0.2, -0.15) is 0 Å². The minimum atomic E-state index is 0.777. The van der Waals surface area contributed by atoms with Crippen LogP contribution in [0.1, 0.15) is 13.3 Å². The van der Waals surface area contributed by atoms with Crippen molar-refractivity contribution in [3.05, 3.63) is 36.1 Å². The number of rotatable bonds is 4. The molecule has 11 heavy (non-hydrogen) atoms. The zero-order valence-corrected chi connectivity index (χ0v) is 6.80. The smallest absolute Gasteiger partial charge is 0.0250 e. The molecule has 0 bridgehead atoms. The van der Waals surface area contributed by atoms with Crippen molar-refractivity contribution in [2.24, 2.45) is 5.73 Å². The summed E-state index contributed by atoms with van der Waals surface area (Å²) in [6.07, 6.45) is 7.09. The monoisotopic (exact) mass is 150 g/mol. The highest BCUT2D eigenvalue weighted by Crippen LogP contribution is 2.02. The van der Waals surface area contributed by atoms with E-state index in [4.69, 9.17) is 11.1 Å². The van der Waals surface area contributed by atoms with E-state index in [0.717, 1.165) is 17.6 Å². The lowest BCUT2D eigenvalue weighted by Gasteiger charge is -1.94. The van der Waals surface area contributed by atoms with Crippen molar-refractivity contribution in [3.8, 4) is 0 Å². The van der Waals surface area contributed by atoms with Crippen LogP contribution in [0, 0.1) is 5.41 Å². The summed E-state index contributed by atoms with van der Waals surface area (Å²) in [6, 6.07) is 0. The molecule has 0 saturated heterocycles. The van der Waals surface area contributed by atoms with Crippen LogP contribution in [0.3, 0.4) is 0 Å². The third-order valence-corrected chi connectivity index (χ3v) is 1.28. The lowest BCUT2D eigenvalue weighted by atomic mass is 10.1. The van der Waals surface area contributed by atoms with Crippen molar-refractivity contribution in [2.45, 2.75) is 13.3 Å². The molecule has 2 heteroatoms. The molecule has 0 rings (SSSR count). The summed E-state index contributed by atoms with van der Waals surface area (Å²) >= 11 is 0. The number of allylic oxidation sites excluding steroid dienone is 4. The molecule has 0 spiro atoms. The van der Waals surface area contributed by atoms with Gasteiger partial charge in [0.2, 0.25) is 0 Å². The van der Waals surface area contributed by atoms with E-state index in [9.17, 15) is 0 Å². The van der Waals surface area contributed by atoms with E-state index < -0.39 is 0 Å². The van der Waals surface area contributed by atoms with Gasteiger partial charge in [0, 0.05) is 6.21 Å². The fraction of sp³-hybridized carbons (Fsp3) is 0.222. The molecule has 0 amide bonds. The normalized spacial score (nSPS) is 11.9. The average molecular weight is 150 g/mol. The van der Waals surface area contributed by atoms with E-state index in [-0.39, 0.29) is 0 Å². The van der Waals surface area contributed by atoms with Crippen molar-refractivity contribution >= 4 is 6.21 Å². The van der Waals surface area contributed by atoms with Crippen molar-refractivity contribution in [3.63, 3.8) is 0 Å². The molecule has 0 radical (unpaired) electrons. The third-order valence-electron chi connectivity index (χ3n) is 1.28. The van der Waals surface area contributed by atoms with Gasteiger partial charge < -0.3 is 11.1 Å². The molecule has 60 valence electrons. The maximum Gasteiger partial charge on any atom is 0.0250 e. The molecule has 3 N–H and O–H groups in total. The predicted octanol–water partition coefficient (Wildman–Crippen LogP) is 2.00. The van der Waals surface area contributed by atoms with E-state index in [2.05, 4.69) is 6.58 Å². The average Bonchev–Trinajstić information content (AvgIpc) is 2.03. The van der Waals surface area contributed by atoms with E-state index in [0.29, 0.717) is 0 Å². The van der Waals surface area contributed by atoms with Crippen LogP contribution in [-0.2, 0) is 0 Å². The summed E-state index contributed by atoms with van der Waals surface area (Å²) in [5.41, 5.74) is 6.95. The van der Waals surface area contributed by atoms with Gasteiger partial charge in [0.25, 0.3) is 0 Å². The highest BCUT2D eigenvalue weighted by molar-refractivity contribution is 5.80. The Labute approximate surface area is 67.6 Å². The second-order valence-corrected chi connectivity index (χ2v) is 2.16. The fourth-order valence-electron chi connectivity index (χ4n) is 0.587. The van der Waals surface area contributed by atoms with Gasteiger partial charge >= 0.3 is 0 Å². The Morgan fingerprint density at radius 3 is 2.64 bits per heavy atom. The molecule has 0 aromatic heterocycles. The zero-order valence-electron chi connectivity index (χ0n) is 6.80. The molecular formula is C9H14N2. The van der Waals surface area contributed by atoms with E-state index in [1.165, 1.54) is 12.4 Å². The molecule has 0 saturated carbocycles. The fourth-order valence-corrected chi connectivity index (χ4v) is 0.587. The van der Waals surface area contributed by atoms with Gasteiger partial charge in [-0.15, -0.1) is 0 Å². The maximum atomic E-state index is 6.99. The molecule has 0 fully saturated rings. The van der Waals surface area contributed by atoms with Gasteiger partial charge in [-0.25, -0.2) is 0 Å². The molecule has 0 aromatic carbocycles. The first-order valence-corrected chi connectivity index (χ1v) is 3.52. The first-order chi connectivity index (χ1) is 5.24. The minimum Gasteiger partial charge on any atom is -0.405 e. The minimum absolute atomic E-state index is 0.777.